The summed E-state index contributed by atoms with van der Waals surface area (Å²) in [5.41, 5.74) is 3.29. The Morgan fingerprint density at radius 3 is 3.12 bits per heavy atom. The first-order valence-electron chi connectivity index (χ1n) is 5.51. The number of rotatable bonds is 4. The Labute approximate surface area is 95.8 Å². The first kappa shape index (κ1) is 10.9. The predicted molar refractivity (Wildman–Crippen MR) is 66.4 cm³/mol. The zero-order valence-electron chi connectivity index (χ0n) is 9.77. The van der Waals surface area contributed by atoms with Gasteiger partial charge in [0.05, 0.1) is 11.4 Å². The SMILES string of the molecule is C=CC(C)NCc1c(C)nc2ccccn12. The number of pyridine rings is 1. The van der Waals surface area contributed by atoms with Crippen LogP contribution >= 0.6 is 0 Å². The van der Waals surface area contributed by atoms with Crippen LogP contribution in [0, 0.1) is 6.92 Å². The molecule has 2 heterocycles. The lowest BCUT2D eigenvalue weighted by Crippen LogP contribution is -2.24. The molecular weight excluding hydrogens is 198 g/mol. The van der Waals surface area contributed by atoms with Crippen molar-refractivity contribution in [2.75, 3.05) is 0 Å². The second-order valence-electron chi connectivity index (χ2n) is 3.98. The van der Waals surface area contributed by atoms with Gasteiger partial charge in [-0.25, -0.2) is 4.98 Å². The fourth-order valence-electron chi connectivity index (χ4n) is 1.72. The van der Waals surface area contributed by atoms with Crippen molar-refractivity contribution in [1.29, 1.82) is 0 Å². The van der Waals surface area contributed by atoms with E-state index in [-0.39, 0.29) is 0 Å². The van der Waals surface area contributed by atoms with Gasteiger partial charge in [-0.3, -0.25) is 0 Å². The molecule has 0 spiro atoms. The van der Waals surface area contributed by atoms with E-state index < -0.39 is 0 Å². The quantitative estimate of drug-likeness (QED) is 0.793. The lowest BCUT2D eigenvalue weighted by atomic mass is 10.3. The Balaban J connectivity index is 2.29. The average molecular weight is 215 g/mol. The van der Waals surface area contributed by atoms with Crippen LogP contribution in [0.2, 0.25) is 0 Å². The maximum Gasteiger partial charge on any atom is 0.137 e. The van der Waals surface area contributed by atoms with Crippen molar-refractivity contribution in [2.45, 2.75) is 26.4 Å². The Morgan fingerprint density at radius 1 is 1.56 bits per heavy atom. The molecule has 1 unspecified atom stereocenters. The molecule has 3 heteroatoms. The molecule has 0 aliphatic rings. The molecular formula is C13H17N3. The van der Waals surface area contributed by atoms with Crippen LogP contribution in [0.5, 0.6) is 0 Å². The molecule has 0 saturated carbocycles. The van der Waals surface area contributed by atoms with E-state index in [4.69, 9.17) is 0 Å². The van der Waals surface area contributed by atoms with Crippen molar-refractivity contribution >= 4 is 5.65 Å². The Morgan fingerprint density at radius 2 is 2.38 bits per heavy atom. The van der Waals surface area contributed by atoms with E-state index in [1.807, 2.05) is 37.4 Å². The Hall–Kier alpha value is -1.61. The molecule has 0 aliphatic carbocycles. The highest BCUT2D eigenvalue weighted by atomic mass is 15.0. The third kappa shape index (κ3) is 1.99. The number of nitrogens with one attached hydrogen (secondary N) is 1. The van der Waals surface area contributed by atoms with Crippen LogP contribution in [0.4, 0.5) is 0 Å². The van der Waals surface area contributed by atoms with Gasteiger partial charge in [-0.1, -0.05) is 12.1 Å². The molecule has 2 aromatic heterocycles. The highest BCUT2D eigenvalue weighted by Gasteiger charge is 2.07. The van der Waals surface area contributed by atoms with Crippen molar-refractivity contribution in [1.82, 2.24) is 14.7 Å². The predicted octanol–water partition coefficient (Wildman–Crippen LogP) is 2.31. The lowest BCUT2D eigenvalue weighted by molar-refractivity contribution is 0.619. The molecule has 0 aliphatic heterocycles. The minimum absolute atomic E-state index is 0.314. The van der Waals surface area contributed by atoms with Crippen LogP contribution in [0.25, 0.3) is 5.65 Å². The summed E-state index contributed by atoms with van der Waals surface area (Å²) in [5, 5.41) is 3.39. The zero-order chi connectivity index (χ0) is 11.5. The Bertz CT molecular complexity index is 499. The van der Waals surface area contributed by atoms with Gasteiger partial charge >= 0.3 is 0 Å². The number of hydrogen-bond donors (Lipinski definition) is 1. The van der Waals surface area contributed by atoms with E-state index >= 15 is 0 Å². The minimum atomic E-state index is 0.314. The maximum absolute atomic E-state index is 4.51. The number of imidazole rings is 1. The molecule has 16 heavy (non-hydrogen) atoms. The third-order valence-electron chi connectivity index (χ3n) is 2.77. The first-order valence-corrected chi connectivity index (χ1v) is 5.51. The summed E-state index contributed by atoms with van der Waals surface area (Å²) in [4.78, 5) is 4.51. The fourth-order valence-corrected chi connectivity index (χ4v) is 1.72. The van der Waals surface area contributed by atoms with Crippen LogP contribution in [0.1, 0.15) is 18.3 Å². The second-order valence-corrected chi connectivity index (χ2v) is 3.98. The van der Waals surface area contributed by atoms with E-state index in [2.05, 4.69) is 28.2 Å². The normalized spacial score (nSPS) is 12.9. The summed E-state index contributed by atoms with van der Waals surface area (Å²) in [5.74, 6) is 0. The van der Waals surface area contributed by atoms with Gasteiger partial charge in [0.25, 0.3) is 0 Å². The molecule has 0 radical (unpaired) electrons. The molecule has 0 saturated heterocycles. The van der Waals surface area contributed by atoms with Crippen molar-refractivity contribution in [3.8, 4) is 0 Å². The number of aryl methyl sites for hydroxylation is 1. The standard InChI is InChI=1S/C13H17N3/c1-4-10(2)14-9-12-11(3)15-13-7-5-6-8-16(12)13/h4-8,10,14H,1,9H2,2-3H3. The molecule has 1 atom stereocenters. The highest BCUT2D eigenvalue weighted by Crippen LogP contribution is 2.11. The van der Waals surface area contributed by atoms with Crippen LogP contribution in [0.15, 0.2) is 37.1 Å². The minimum Gasteiger partial charge on any atom is -0.305 e. The van der Waals surface area contributed by atoms with Gasteiger partial charge < -0.3 is 9.72 Å². The fraction of sp³-hybridized carbons (Fsp3) is 0.308. The van der Waals surface area contributed by atoms with Crippen molar-refractivity contribution in [3.05, 3.63) is 48.4 Å². The molecule has 0 amide bonds. The maximum atomic E-state index is 4.51. The van der Waals surface area contributed by atoms with Crippen molar-refractivity contribution in [2.24, 2.45) is 0 Å². The summed E-state index contributed by atoms with van der Waals surface area (Å²) in [6.45, 7) is 8.70. The second kappa shape index (κ2) is 4.49. The van der Waals surface area contributed by atoms with E-state index in [0.717, 1.165) is 17.9 Å². The van der Waals surface area contributed by atoms with E-state index in [1.54, 1.807) is 0 Å². The topological polar surface area (TPSA) is 29.3 Å². The van der Waals surface area contributed by atoms with Crippen LogP contribution in [0.3, 0.4) is 0 Å². The van der Waals surface area contributed by atoms with Gasteiger partial charge in [-0.05, 0) is 26.0 Å². The number of hydrogen-bond acceptors (Lipinski definition) is 2. The van der Waals surface area contributed by atoms with E-state index in [9.17, 15) is 0 Å². The molecule has 3 nitrogen and oxygen atoms in total. The van der Waals surface area contributed by atoms with E-state index in [1.165, 1.54) is 5.69 Å². The van der Waals surface area contributed by atoms with Crippen LogP contribution in [-0.2, 0) is 6.54 Å². The largest absolute Gasteiger partial charge is 0.305 e. The summed E-state index contributed by atoms with van der Waals surface area (Å²) >= 11 is 0. The summed E-state index contributed by atoms with van der Waals surface area (Å²) in [6.07, 6.45) is 3.95. The summed E-state index contributed by atoms with van der Waals surface area (Å²) in [6, 6.07) is 6.36. The molecule has 2 aromatic rings. The average Bonchev–Trinajstić information content (AvgIpc) is 2.62. The zero-order valence-corrected chi connectivity index (χ0v) is 9.77. The van der Waals surface area contributed by atoms with Gasteiger partial charge in [-0.15, -0.1) is 6.58 Å². The molecule has 0 aromatic carbocycles. The lowest BCUT2D eigenvalue weighted by Gasteiger charge is -2.09. The Kier molecular flexibility index (Phi) is 3.06. The van der Waals surface area contributed by atoms with Gasteiger partial charge in [0, 0.05) is 18.8 Å². The monoisotopic (exact) mass is 215 g/mol. The van der Waals surface area contributed by atoms with Gasteiger partial charge in [-0.2, -0.15) is 0 Å². The van der Waals surface area contributed by atoms with Gasteiger partial charge in [0.15, 0.2) is 0 Å². The molecule has 84 valence electrons. The highest BCUT2D eigenvalue weighted by molar-refractivity contribution is 5.42. The third-order valence-corrected chi connectivity index (χ3v) is 2.77. The number of nitrogens with zero attached hydrogens (tertiary/aromatic N) is 2. The first-order chi connectivity index (χ1) is 7.72. The van der Waals surface area contributed by atoms with Gasteiger partial charge in [0.2, 0.25) is 0 Å². The van der Waals surface area contributed by atoms with Crippen molar-refractivity contribution in [3.63, 3.8) is 0 Å². The summed E-state index contributed by atoms with van der Waals surface area (Å²) < 4.78 is 2.12. The smallest absolute Gasteiger partial charge is 0.137 e. The van der Waals surface area contributed by atoms with Crippen LogP contribution < -0.4 is 5.32 Å². The molecule has 0 bridgehead atoms. The number of aromatic nitrogens is 2. The van der Waals surface area contributed by atoms with Crippen LogP contribution in [-0.4, -0.2) is 15.4 Å². The van der Waals surface area contributed by atoms with Crippen molar-refractivity contribution < 1.29 is 0 Å². The molecule has 0 fully saturated rings. The number of fused-ring (bicyclic) bond motifs is 1. The molecule has 1 N–H and O–H groups in total. The molecule has 2 rings (SSSR count). The summed E-state index contributed by atoms with van der Waals surface area (Å²) in [7, 11) is 0. The van der Waals surface area contributed by atoms with Gasteiger partial charge in [0.1, 0.15) is 5.65 Å². The van der Waals surface area contributed by atoms with E-state index in [0.29, 0.717) is 6.04 Å².